The summed E-state index contributed by atoms with van der Waals surface area (Å²) in [6.45, 7) is 4.55. The van der Waals surface area contributed by atoms with E-state index in [1.54, 1.807) is 0 Å². The first-order valence-corrected chi connectivity index (χ1v) is 6.62. The number of benzene rings is 1. The van der Waals surface area contributed by atoms with Crippen LogP contribution in [0.4, 0.5) is 5.69 Å². The fourth-order valence-corrected chi connectivity index (χ4v) is 2.72. The Morgan fingerprint density at radius 2 is 2.25 bits per heavy atom. The smallest absolute Gasteiger partial charge is 0.0378 e. The van der Waals surface area contributed by atoms with Crippen molar-refractivity contribution in [2.75, 3.05) is 25.0 Å². The molecule has 1 atom stereocenters. The first-order valence-electron chi connectivity index (χ1n) is 5.82. The average molecular weight is 283 g/mol. The first kappa shape index (κ1) is 11.9. The summed E-state index contributed by atoms with van der Waals surface area (Å²) >= 11 is 3.53. The lowest BCUT2D eigenvalue weighted by molar-refractivity contribution is 0.316. The predicted molar refractivity (Wildman–Crippen MR) is 73.1 cm³/mol. The third-order valence-corrected chi connectivity index (χ3v) is 3.97. The van der Waals surface area contributed by atoms with Crippen molar-refractivity contribution in [3.63, 3.8) is 0 Å². The first-order chi connectivity index (χ1) is 7.63. The Labute approximate surface area is 106 Å². The van der Waals surface area contributed by atoms with Gasteiger partial charge in [-0.2, -0.15) is 0 Å². The lowest BCUT2D eigenvalue weighted by Gasteiger charge is -2.41. The Balaban J connectivity index is 2.16. The summed E-state index contributed by atoms with van der Waals surface area (Å²) in [4.78, 5) is 2.46. The molecule has 0 radical (unpaired) electrons. The highest BCUT2D eigenvalue weighted by atomic mass is 79.9. The molecule has 0 bridgehead atoms. The van der Waals surface area contributed by atoms with Crippen LogP contribution in [0.1, 0.15) is 19.8 Å². The van der Waals surface area contributed by atoms with Crippen molar-refractivity contribution < 1.29 is 0 Å². The number of likely N-dealkylation sites (N-methyl/N-ethyl adjacent to an activating group) is 1. The molecule has 1 aliphatic rings. The van der Waals surface area contributed by atoms with Gasteiger partial charge < -0.3 is 10.2 Å². The fourth-order valence-electron chi connectivity index (χ4n) is 2.34. The molecule has 1 fully saturated rings. The second-order valence-electron chi connectivity index (χ2n) is 4.82. The van der Waals surface area contributed by atoms with Crippen LogP contribution in [0, 0.1) is 0 Å². The number of rotatable bonds is 2. The zero-order valence-corrected chi connectivity index (χ0v) is 11.5. The van der Waals surface area contributed by atoms with Gasteiger partial charge in [0.05, 0.1) is 0 Å². The maximum Gasteiger partial charge on any atom is 0.0378 e. The van der Waals surface area contributed by atoms with E-state index in [1.165, 1.54) is 18.5 Å². The van der Waals surface area contributed by atoms with Crippen LogP contribution >= 0.6 is 15.9 Å². The summed E-state index contributed by atoms with van der Waals surface area (Å²) in [6.07, 6.45) is 2.51. The average Bonchev–Trinajstić information content (AvgIpc) is 2.29. The number of halogens is 1. The molecule has 88 valence electrons. The predicted octanol–water partition coefficient (Wildman–Crippen LogP) is 3.03. The third kappa shape index (κ3) is 2.58. The van der Waals surface area contributed by atoms with Crippen LogP contribution in [0.2, 0.25) is 0 Å². The van der Waals surface area contributed by atoms with Gasteiger partial charge in [-0.3, -0.25) is 0 Å². The van der Waals surface area contributed by atoms with Crippen LogP contribution < -0.4 is 10.2 Å². The van der Waals surface area contributed by atoms with Gasteiger partial charge >= 0.3 is 0 Å². The van der Waals surface area contributed by atoms with E-state index in [9.17, 15) is 0 Å². The van der Waals surface area contributed by atoms with Crippen LogP contribution in [-0.2, 0) is 0 Å². The third-order valence-electron chi connectivity index (χ3n) is 3.47. The molecule has 2 rings (SSSR count). The van der Waals surface area contributed by atoms with E-state index in [-0.39, 0.29) is 5.54 Å². The zero-order chi connectivity index (χ0) is 11.6. The van der Waals surface area contributed by atoms with Crippen molar-refractivity contribution >= 4 is 21.6 Å². The molecule has 1 unspecified atom stereocenters. The van der Waals surface area contributed by atoms with E-state index in [2.05, 4.69) is 64.4 Å². The van der Waals surface area contributed by atoms with E-state index >= 15 is 0 Å². The second kappa shape index (κ2) is 4.76. The van der Waals surface area contributed by atoms with Crippen LogP contribution in [0.25, 0.3) is 0 Å². The highest BCUT2D eigenvalue weighted by Gasteiger charge is 2.29. The number of hydrogen-bond donors (Lipinski definition) is 1. The topological polar surface area (TPSA) is 15.3 Å². The van der Waals surface area contributed by atoms with Crippen molar-refractivity contribution in [2.45, 2.75) is 25.3 Å². The quantitative estimate of drug-likeness (QED) is 0.897. The van der Waals surface area contributed by atoms with E-state index in [4.69, 9.17) is 0 Å². The van der Waals surface area contributed by atoms with Gasteiger partial charge in [0.1, 0.15) is 0 Å². The molecule has 1 aromatic carbocycles. The Bertz CT molecular complexity index is 367. The molecule has 3 heteroatoms. The molecule has 0 spiro atoms. The molecular formula is C13H19BrN2. The Morgan fingerprint density at radius 1 is 1.44 bits per heavy atom. The summed E-state index contributed by atoms with van der Waals surface area (Å²) in [6, 6.07) is 8.56. The van der Waals surface area contributed by atoms with Crippen LogP contribution in [0.15, 0.2) is 28.7 Å². The normalized spacial score (nSPS) is 25.8. The van der Waals surface area contributed by atoms with Crippen molar-refractivity contribution in [3.8, 4) is 0 Å². The minimum Gasteiger partial charge on any atom is -0.370 e. The van der Waals surface area contributed by atoms with Gasteiger partial charge in [-0.05, 0) is 45.0 Å². The van der Waals surface area contributed by atoms with Gasteiger partial charge in [0.25, 0.3) is 0 Å². The lowest BCUT2D eigenvalue weighted by Crippen LogP contribution is -2.53. The second-order valence-corrected chi connectivity index (χ2v) is 5.73. The number of piperidine rings is 1. The van der Waals surface area contributed by atoms with Crippen molar-refractivity contribution in [1.82, 2.24) is 5.32 Å². The van der Waals surface area contributed by atoms with Gasteiger partial charge in [0.15, 0.2) is 0 Å². The maximum absolute atomic E-state index is 3.53. The highest BCUT2D eigenvalue weighted by molar-refractivity contribution is 9.10. The van der Waals surface area contributed by atoms with Crippen LogP contribution in [0.3, 0.4) is 0 Å². The molecular weight excluding hydrogens is 264 g/mol. The molecule has 0 aliphatic carbocycles. The fraction of sp³-hybridized carbons (Fsp3) is 0.538. The van der Waals surface area contributed by atoms with Gasteiger partial charge in [0.2, 0.25) is 0 Å². The van der Waals surface area contributed by atoms with Crippen molar-refractivity contribution in [3.05, 3.63) is 28.7 Å². The van der Waals surface area contributed by atoms with E-state index < -0.39 is 0 Å². The standard InChI is InChI=1S/C13H19BrN2/c1-13(15-2)7-4-8-16(10-13)12-6-3-5-11(14)9-12/h3,5-6,9,15H,4,7-8,10H2,1-2H3. The molecule has 0 saturated carbocycles. The van der Waals surface area contributed by atoms with Gasteiger partial charge in [-0.1, -0.05) is 22.0 Å². The number of anilines is 1. The summed E-state index contributed by atoms with van der Waals surface area (Å²) in [5.74, 6) is 0. The molecule has 0 aromatic heterocycles. The molecule has 1 N–H and O–H groups in total. The van der Waals surface area contributed by atoms with Crippen molar-refractivity contribution in [2.24, 2.45) is 0 Å². The number of nitrogens with zero attached hydrogens (tertiary/aromatic N) is 1. The minimum absolute atomic E-state index is 0.251. The molecule has 1 saturated heterocycles. The van der Waals surface area contributed by atoms with Gasteiger partial charge in [-0.15, -0.1) is 0 Å². The van der Waals surface area contributed by atoms with E-state index in [1.807, 2.05) is 0 Å². The highest BCUT2D eigenvalue weighted by Crippen LogP contribution is 2.27. The lowest BCUT2D eigenvalue weighted by atomic mass is 9.91. The molecule has 2 nitrogen and oxygen atoms in total. The Morgan fingerprint density at radius 3 is 2.94 bits per heavy atom. The summed E-state index contributed by atoms with van der Waals surface area (Å²) in [5, 5.41) is 3.44. The summed E-state index contributed by atoms with van der Waals surface area (Å²) < 4.78 is 1.15. The van der Waals surface area contributed by atoms with E-state index in [0.717, 1.165) is 17.6 Å². The van der Waals surface area contributed by atoms with Gasteiger partial charge in [-0.25, -0.2) is 0 Å². The summed E-state index contributed by atoms with van der Waals surface area (Å²) in [5.41, 5.74) is 1.57. The number of nitrogens with one attached hydrogen (secondary N) is 1. The van der Waals surface area contributed by atoms with Crippen molar-refractivity contribution in [1.29, 1.82) is 0 Å². The van der Waals surface area contributed by atoms with Gasteiger partial charge in [0, 0.05) is 28.8 Å². The van der Waals surface area contributed by atoms with Crippen LogP contribution in [0.5, 0.6) is 0 Å². The number of hydrogen-bond acceptors (Lipinski definition) is 2. The zero-order valence-electron chi connectivity index (χ0n) is 9.96. The molecule has 0 amide bonds. The molecule has 16 heavy (non-hydrogen) atoms. The maximum atomic E-state index is 3.53. The summed E-state index contributed by atoms with van der Waals surface area (Å²) in [7, 11) is 2.06. The van der Waals surface area contributed by atoms with Crippen LogP contribution in [-0.4, -0.2) is 25.7 Å². The minimum atomic E-state index is 0.251. The molecule has 1 heterocycles. The largest absolute Gasteiger partial charge is 0.370 e. The van der Waals surface area contributed by atoms with E-state index in [0.29, 0.717) is 0 Å². The Kier molecular flexibility index (Phi) is 3.55. The Hall–Kier alpha value is -0.540. The monoisotopic (exact) mass is 282 g/mol. The molecule has 1 aromatic rings. The molecule has 1 aliphatic heterocycles. The SMILES string of the molecule is CNC1(C)CCCN(c2cccc(Br)c2)C1.